The van der Waals surface area contributed by atoms with E-state index >= 15 is 0 Å². The zero-order valence-electron chi connectivity index (χ0n) is 20.4. The van der Waals surface area contributed by atoms with Crippen LogP contribution in [-0.4, -0.2) is 89.4 Å². The van der Waals surface area contributed by atoms with Gasteiger partial charge in [-0.05, 0) is 49.9 Å². The Morgan fingerprint density at radius 2 is 1.45 bits per heavy atom. The number of urea groups is 1. The molecule has 2 aromatic rings. The molecule has 0 atom stereocenters. The van der Waals surface area contributed by atoms with Crippen LogP contribution in [0.25, 0.3) is 0 Å². The van der Waals surface area contributed by atoms with Crippen molar-refractivity contribution in [3.63, 3.8) is 0 Å². The van der Waals surface area contributed by atoms with Crippen molar-refractivity contribution < 1.29 is 31.1 Å². The summed E-state index contributed by atoms with van der Waals surface area (Å²) in [5.41, 5.74) is -0.0742. The molecule has 0 bridgehead atoms. The number of rotatable bonds is 5. The number of aromatic amines is 1. The smallest absolute Gasteiger partial charge is 0.406 e. The molecule has 7 rings (SSSR count). The van der Waals surface area contributed by atoms with Gasteiger partial charge >= 0.3 is 12.4 Å². The fourth-order valence-corrected chi connectivity index (χ4v) is 8.15. The standard InChI is InChI=1S/C24H27F3N6O4S/c25-24(26,27)37-17-3-5-18(6-4-17)38(35,36)33-13-23(14-33)11-32(12-23)21(34)31-9-22(10-31)7-16(8-22)20-28-19(29-30-20)15-1-2-15/h3-6,15-16H,1-2,7-14H2,(H,28,29,30). The number of sulfonamides is 1. The molecule has 2 aliphatic carbocycles. The summed E-state index contributed by atoms with van der Waals surface area (Å²) in [6.45, 7) is 3.06. The second kappa shape index (κ2) is 7.84. The maximum absolute atomic E-state index is 12.9. The molecule has 5 fully saturated rings. The van der Waals surface area contributed by atoms with Crippen LogP contribution < -0.4 is 4.74 Å². The Balaban J connectivity index is 0.869. The van der Waals surface area contributed by atoms with Crippen LogP contribution >= 0.6 is 0 Å². The normalized spacial score (nSPS) is 24.5. The van der Waals surface area contributed by atoms with Gasteiger partial charge in [0, 0.05) is 61.9 Å². The number of aromatic nitrogens is 3. The van der Waals surface area contributed by atoms with Crippen molar-refractivity contribution in [3.05, 3.63) is 35.9 Å². The quantitative estimate of drug-likeness (QED) is 0.611. The van der Waals surface area contributed by atoms with Crippen molar-refractivity contribution in [2.24, 2.45) is 10.8 Å². The van der Waals surface area contributed by atoms with E-state index in [0.29, 0.717) is 24.9 Å². The topological polar surface area (TPSA) is 112 Å². The monoisotopic (exact) mass is 552 g/mol. The zero-order valence-corrected chi connectivity index (χ0v) is 21.3. The highest BCUT2D eigenvalue weighted by Gasteiger charge is 2.60. The van der Waals surface area contributed by atoms with Crippen LogP contribution in [-0.2, 0) is 10.0 Å². The second-order valence-electron chi connectivity index (χ2n) is 11.8. The Bertz CT molecular complexity index is 1360. The number of hydrogen-bond acceptors (Lipinski definition) is 6. The average Bonchev–Trinajstić information content (AvgIpc) is 3.47. The van der Waals surface area contributed by atoms with Crippen molar-refractivity contribution in [3.8, 4) is 5.75 Å². The van der Waals surface area contributed by atoms with Crippen LogP contribution in [0.1, 0.15) is 49.2 Å². The minimum Gasteiger partial charge on any atom is -0.406 e. The molecule has 0 radical (unpaired) electrons. The molecule has 2 spiro atoms. The van der Waals surface area contributed by atoms with Gasteiger partial charge in [0.15, 0.2) is 0 Å². The highest BCUT2D eigenvalue weighted by Crippen LogP contribution is 2.56. The van der Waals surface area contributed by atoms with E-state index in [2.05, 4.69) is 19.9 Å². The predicted octanol–water partition coefficient (Wildman–Crippen LogP) is 2.89. The molecule has 14 heteroatoms. The zero-order chi connectivity index (χ0) is 26.5. The van der Waals surface area contributed by atoms with Crippen LogP contribution in [0.3, 0.4) is 0 Å². The summed E-state index contributed by atoms with van der Waals surface area (Å²) >= 11 is 0. The lowest BCUT2D eigenvalue weighted by molar-refractivity contribution is -0.274. The predicted molar refractivity (Wildman–Crippen MR) is 126 cm³/mol. The molecule has 4 heterocycles. The Hall–Kier alpha value is -2.87. The summed E-state index contributed by atoms with van der Waals surface area (Å²) in [6, 6.07) is 4.19. The van der Waals surface area contributed by atoms with Gasteiger partial charge in [-0.15, -0.1) is 23.4 Å². The van der Waals surface area contributed by atoms with Crippen molar-refractivity contribution in [1.82, 2.24) is 29.3 Å². The van der Waals surface area contributed by atoms with Crippen molar-refractivity contribution in [1.29, 1.82) is 0 Å². The minimum absolute atomic E-state index is 0.00180. The molecular weight excluding hydrogens is 525 g/mol. The Morgan fingerprint density at radius 3 is 2.00 bits per heavy atom. The molecule has 2 amide bonds. The van der Waals surface area contributed by atoms with Crippen molar-refractivity contribution in [2.75, 3.05) is 39.3 Å². The third-order valence-corrected chi connectivity index (χ3v) is 10.4. The van der Waals surface area contributed by atoms with E-state index in [1.165, 1.54) is 17.1 Å². The number of alkyl halides is 3. The number of H-pyrrole nitrogens is 1. The van der Waals surface area contributed by atoms with Crippen LogP contribution in [0.5, 0.6) is 5.75 Å². The van der Waals surface area contributed by atoms with E-state index in [1.54, 1.807) is 4.90 Å². The molecule has 1 aromatic heterocycles. The molecule has 3 aliphatic heterocycles. The largest absolute Gasteiger partial charge is 0.573 e. The summed E-state index contributed by atoms with van der Waals surface area (Å²) in [5.74, 6) is 2.44. The van der Waals surface area contributed by atoms with Crippen LogP contribution in [0.2, 0.25) is 0 Å². The molecule has 2 saturated carbocycles. The van der Waals surface area contributed by atoms with E-state index < -0.39 is 22.1 Å². The molecular formula is C24H27F3N6O4S. The average molecular weight is 553 g/mol. The van der Waals surface area contributed by atoms with Gasteiger partial charge in [0.2, 0.25) is 10.0 Å². The first-order chi connectivity index (χ1) is 17.9. The highest BCUT2D eigenvalue weighted by molar-refractivity contribution is 7.89. The molecule has 38 heavy (non-hydrogen) atoms. The van der Waals surface area contributed by atoms with Gasteiger partial charge in [0.05, 0.1) is 4.90 Å². The summed E-state index contributed by atoms with van der Waals surface area (Å²) in [7, 11) is -3.83. The first-order valence-corrected chi connectivity index (χ1v) is 14.2. The third-order valence-electron chi connectivity index (χ3n) is 8.60. The van der Waals surface area contributed by atoms with Gasteiger partial charge in [-0.1, -0.05) is 0 Å². The van der Waals surface area contributed by atoms with E-state index in [0.717, 1.165) is 61.8 Å². The van der Waals surface area contributed by atoms with Gasteiger partial charge in [0.1, 0.15) is 17.4 Å². The third kappa shape index (κ3) is 4.03. The van der Waals surface area contributed by atoms with Gasteiger partial charge in [0.25, 0.3) is 0 Å². The minimum atomic E-state index is -4.84. The Morgan fingerprint density at radius 1 is 0.895 bits per heavy atom. The summed E-state index contributed by atoms with van der Waals surface area (Å²) in [5, 5.41) is 8.61. The van der Waals surface area contributed by atoms with Gasteiger partial charge < -0.3 is 19.5 Å². The maximum atomic E-state index is 12.9. The SMILES string of the molecule is O=C(N1CC2(CC(c3nnc(C4CC4)[nH]3)C2)C1)N1CC2(C1)CN(S(=O)(=O)c1ccc(OC(F)(F)F)cc1)C2. The lowest BCUT2D eigenvalue weighted by Crippen LogP contribution is -2.76. The number of nitrogens with zero attached hydrogens (tertiary/aromatic N) is 5. The highest BCUT2D eigenvalue weighted by atomic mass is 32.2. The molecule has 0 unspecified atom stereocenters. The molecule has 10 nitrogen and oxygen atoms in total. The first kappa shape index (κ1) is 24.2. The van der Waals surface area contributed by atoms with Crippen LogP contribution in [0, 0.1) is 10.8 Å². The molecule has 1 N–H and O–H groups in total. The lowest BCUT2D eigenvalue weighted by Gasteiger charge is -2.63. The Labute approximate surface area is 217 Å². The molecule has 5 aliphatic rings. The first-order valence-electron chi connectivity index (χ1n) is 12.8. The van der Waals surface area contributed by atoms with E-state index in [4.69, 9.17) is 0 Å². The summed E-state index contributed by atoms with van der Waals surface area (Å²) < 4.78 is 67.8. The van der Waals surface area contributed by atoms with Crippen molar-refractivity contribution in [2.45, 2.75) is 48.8 Å². The van der Waals surface area contributed by atoms with Crippen LogP contribution in [0.4, 0.5) is 18.0 Å². The molecule has 3 saturated heterocycles. The van der Waals surface area contributed by atoms with Gasteiger partial charge in [-0.25, -0.2) is 13.2 Å². The fourth-order valence-electron chi connectivity index (χ4n) is 6.48. The summed E-state index contributed by atoms with van der Waals surface area (Å²) in [6.07, 6.45) is -0.452. The van der Waals surface area contributed by atoms with E-state index in [9.17, 15) is 26.4 Å². The number of hydrogen-bond donors (Lipinski definition) is 1. The number of likely N-dealkylation sites (tertiary alicyclic amines) is 2. The van der Waals surface area contributed by atoms with Crippen LogP contribution in [0.15, 0.2) is 29.2 Å². The summed E-state index contributed by atoms with van der Waals surface area (Å²) in [4.78, 5) is 19.9. The number of nitrogens with one attached hydrogen (secondary N) is 1. The van der Waals surface area contributed by atoms with E-state index in [-0.39, 0.29) is 34.8 Å². The van der Waals surface area contributed by atoms with Gasteiger partial charge in [-0.3, -0.25) is 0 Å². The Kier molecular flexibility index (Phi) is 4.99. The maximum Gasteiger partial charge on any atom is 0.573 e. The molecule has 204 valence electrons. The number of benzene rings is 1. The van der Waals surface area contributed by atoms with Crippen molar-refractivity contribution >= 4 is 16.1 Å². The number of carbonyl (C=O) groups is 1. The van der Waals surface area contributed by atoms with E-state index in [1.807, 2.05) is 4.90 Å². The second-order valence-corrected chi connectivity index (χ2v) is 13.7. The number of halogens is 3. The van der Waals surface area contributed by atoms with Gasteiger partial charge in [-0.2, -0.15) is 4.31 Å². The number of ether oxygens (including phenoxy) is 1. The number of amides is 2. The fraction of sp³-hybridized carbons (Fsp3) is 0.625. The lowest BCUT2D eigenvalue weighted by atomic mass is 9.57. The molecule has 1 aromatic carbocycles. The number of carbonyl (C=O) groups excluding carboxylic acids is 1.